The third-order valence-electron chi connectivity index (χ3n) is 7.60. The molecule has 0 aliphatic carbocycles. The number of anilines is 2. The predicted molar refractivity (Wildman–Crippen MR) is 142 cm³/mol. The van der Waals surface area contributed by atoms with E-state index in [2.05, 4.69) is 57.3 Å². The SMILES string of the molecule is CC1CN(C(=O)O)CC(C)N1c1cccc(-c2cc(-c3cnnn3C3CCOCC3)c3c(N)ncnn23)c1. The average Bonchev–Trinajstić information content (AvgIpc) is 3.55. The summed E-state index contributed by atoms with van der Waals surface area (Å²) >= 11 is 0. The number of ether oxygens (including phenoxy) is 1. The average molecular weight is 518 g/mol. The number of aromatic nitrogens is 6. The molecule has 1 amide bonds. The first kappa shape index (κ1) is 24.2. The van der Waals surface area contributed by atoms with Gasteiger partial charge < -0.3 is 25.4 Å². The van der Waals surface area contributed by atoms with E-state index in [-0.39, 0.29) is 18.1 Å². The molecule has 2 saturated heterocycles. The molecule has 2 fully saturated rings. The first-order valence-electron chi connectivity index (χ1n) is 12.9. The lowest BCUT2D eigenvalue weighted by atomic mass is 10.0. The Morgan fingerprint density at radius 2 is 1.87 bits per heavy atom. The van der Waals surface area contributed by atoms with Crippen LogP contribution in [0, 0.1) is 0 Å². The predicted octanol–water partition coefficient (Wildman–Crippen LogP) is 3.17. The van der Waals surface area contributed by atoms with Crippen LogP contribution in [0.4, 0.5) is 16.3 Å². The molecule has 0 bridgehead atoms. The molecule has 12 nitrogen and oxygen atoms in total. The highest BCUT2D eigenvalue weighted by molar-refractivity contribution is 5.91. The molecule has 2 atom stereocenters. The van der Waals surface area contributed by atoms with Crippen LogP contribution in [0.25, 0.3) is 28.0 Å². The molecule has 4 aromatic rings. The molecule has 0 radical (unpaired) electrons. The fourth-order valence-electron chi connectivity index (χ4n) is 5.92. The molecule has 3 aromatic heterocycles. The first-order chi connectivity index (χ1) is 18.4. The third kappa shape index (κ3) is 4.10. The molecule has 5 heterocycles. The lowest BCUT2D eigenvalue weighted by Crippen LogP contribution is -2.58. The van der Waals surface area contributed by atoms with Crippen LogP contribution in [0.3, 0.4) is 0 Å². The number of fused-ring (bicyclic) bond motifs is 1. The van der Waals surface area contributed by atoms with Crippen LogP contribution in [-0.2, 0) is 4.74 Å². The van der Waals surface area contributed by atoms with Crippen LogP contribution >= 0.6 is 0 Å². The van der Waals surface area contributed by atoms with Crippen molar-refractivity contribution < 1.29 is 14.6 Å². The van der Waals surface area contributed by atoms with Gasteiger partial charge in [0.1, 0.15) is 11.8 Å². The van der Waals surface area contributed by atoms with Gasteiger partial charge in [-0.15, -0.1) is 5.10 Å². The second-order valence-electron chi connectivity index (χ2n) is 10.1. The number of carboxylic acid groups (broad SMARTS) is 1. The molecule has 0 spiro atoms. The van der Waals surface area contributed by atoms with Gasteiger partial charge in [0.15, 0.2) is 5.82 Å². The minimum absolute atomic E-state index is 0.0302. The summed E-state index contributed by atoms with van der Waals surface area (Å²) in [5.74, 6) is 0.379. The zero-order valence-electron chi connectivity index (χ0n) is 21.4. The molecule has 2 aliphatic heterocycles. The molecular formula is C26H31N9O3. The van der Waals surface area contributed by atoms with E-state index in [1.54, 1.807) is 6.20 Å². The highest BCUT2D eigenvalue weighted by Gasteiger charge is 2.32. The van der Waals surface area contributed by atoms with E-state index in [1.807, 2.05) is 21.3 Å². The lowest BCUT2D eigenvalue weighted by Gasteiger charge is -2.45. The smallest absolute Gasteiger partial charge is 0.407 e. The van der Waals surface area contributed by atoms with Gasteiger partial charge in [-0.2, -0.15) is 5.10 Å². The van der Waals surface area contributed by atoms with E-state index in [0.717, 1.165) is 41.0 Å². The molecule has 3 N–H and O–H groups in total. The monoisotopic (exact) mass is 517 g/mol. The molecule has 1 aromatic carbocycles. The van der Waals surface area contributed by atoms with E-state index < -0.39 is 6.09 Å². The Balaban J connectivity index is 1.43. The summed E-state index contributed by atoms with van der Waals surface area (Å²) in [4.78, 5) is 19.6. The van der Waals surface area contributed by atoms with Crippen molar-refractivity contribution in [2.75, 3.05) is 36.9 Å². The highest BCUT2D eigenvalue weighted by Crippen LogP contribution is 2.37. The Labute approximate surface area is 219 Å². The summed E-state index contributed by atoms with van der Waals surface area (Å²) in [5.41, 5.74) is 11.7. The number of carbonyl (C=O) groups is 1. The number of rotatable bonds is 4. The van der Waals surface area contributed by atoms with Gasteiger partial charge in [0, 0.05) is 55.2 Å². The van der Waals surface area contributed by atoms with E-state index >= 15 is 0 Å². The van der Waals surface area contributed by atoms with Crippen molar-refractivity contribution in [2.45, 2.75) is 44.8 Å². The second kappa shape index (κ2) is 9.60. The zero-order chi connectivity index (χ0) is 26.4. The van der Waals surface area contributed by atoms with Crippen molar-refractivity contribution in [1.29, 1.82) is 0 Å². The van der Waals surface area contributed by atoms with Crippen molar-refractivity contribution in [3.63, 3.8) is 0 Å². The maximum Gasteiger partial charge on any atom is 0.407 e. The van der Waals surface area contributed by atoms with Gasteiger partial charge in [0.2, 0.25) is 0 Å². The first-order valence-corrected chi connectivity index (χ1v) is 12.9. The Bertz CT molecular complexity index is 1460. The maximum atomic E-state index is 11.6. The summed E-state index contributed by atoms with van der Waals surface area (Å²) in [5, 5.41) is 22.7. The number of nitrogens with zero attached hydrogens (tertiary/aromatic N) is 8. The zero-order valence-corrected chi connectivity index (χ0v) is 21.4. The summed E-state index contributed by atoms with van der Waals surface area (Å²) in [6.07, 6.45) is 4.09. The fraction of sp³-hybridized carbons (Fsp3) is 0.423. The molecule has 0 saturated carbocycles. The van der Waals surface area contributed by atoms with Gasteiger partial charge in [-0.25, -0.2) is 19.0 Å². The number of nitrogens with two attached hydrogens (primary N) is 1. The summed E-state index contributed by atoms with van der Waals surface area (Å²) in [6.45, 7) is 6.41. The van der Waals surface area contributed by atoms with Crippen molar-refractivity contribution in [3.05, 3.63) is 42.9 Å². The van der Waals surface area contributed by atoms with E-state index in [0.29, 0.717) is 37.6 Å². The Kier molecular flexibility index (Phi) is 6.10. The molecule has 12 heteroatoms. The third-order valence-corrected chi connectivity index (χ3v) is 7.60. The van der Waals surface area contributed by atoms with Crippen LogP contribution in [0.2, 0.25) is 0 Å². The minimum Gasteiger partial charge on any atom is -0.465 e. The van der Waals surface area contributed by atoms with Gasteiger partial charge in [0.05, 0.1) is 23.6 Å². The van der Waals surface area contributed by atoms with E-state index in [9.17, 15) is 9.90 Å². The van der Waals surface area contributed by atoms with Crippen molar-refractivity contribution in [2.24, 2.45) is 0 Å². The van der Waals surface area contributed by atoms with Gasteiger partial charge in [0.25, 0.3) is 0 Å². The van der Waals surface area contributed by atoms with Crippen LogP contribution in [-0.4, -0.2) is 84.1 Å². The van der Waals surface area contributed by atoms with Gasteiger partial charge >= 0.3 is 6.09 Å². The number of nitrogen functional groups attached to an aromatic ring is 1. The lowest BCUT2D eigenvalue weighted by molar-refractivity contribution is 0.0662. The van der Waals surface area contributed by atoms with Crippen LogP contribution in [0.1, 0.15) is 32.7 Å². The van der Waals surface area contributed by atoms with Crippen LogP contribution in [0.5, 0.6) is 0 Å². The minimum atomic E-state index is -0.879. The summed E-state index contributed by atoms with van der Waals surface area (Å²) < 4.78 is 9.34. The summed E-state index contributed by atoms with van der Waals surface area (Å²) in [6, 6.07) is 10.6. The quantitative estimate of drug-likeness (QED) is 0.418. The number of hydrogen-bond donors (Lipinski definition) is 2. The number of benzene rings is 1. The number of hydrogen-bond acceptors (Lipinski definition) is 8. The van der Waals surface area contributed by atoms with E-state index in [4.69, 9.17) is 10.5 Å². The van der Waals surface area contributed by atoms with Gasteiger partial charge in [-0.3, -0.25) is 0 Å². The standard InChI is InChI=1S/C26H31N9O3/c1-16-13-32(26(36)37)14-17(2)33(16)20-5-3-4-18(10-20)22-11-21(24-25(27)28-15-30-35(22)24)23-12-29-31-34(23)19-6-8-38-9-7-19/h3-5,10-12,15-17,19H,6-9,13-14H2,1-2H3,(H,36,37)(H2,27,28,30). The largest absolute Gasteiger partial charge is 0.465 e. The molecule has 38 heavy (non-hydrogen) atoms. The van der Waals surface area contributed by atoms with Crippen molar-refractivity contribution in [3.8, 4) is 22.5 Å². The van der Waals surface area contributed by atoms with Gasteiger partial charge in [-0.1, -0.05) is 17.3 Å². The Hall–Kier alpha value is -4.19. The number of amides is 1. The molecular weight excluding hydrogens is 486 g/mol. The van der Waals surface area contributed by atoms with Crippen LogP contribution < -0.4 is 10.6 Å². The molecule has 6 rings (SSSR count). The Morgan fingerprint density at radius 3 is 2.61 bits per heavy atom. The molecule has 2 unspecified atom stereocenters. The number of piperazine rings is 1. The highest BCUT2D eigenvalue weighted by atomic mass is 16.5. The topological polar surface area (TPSA) is 140 Å². The fourth-order valence-corrected chi connectivity index (χ4v) is 5.92. The van der Waals surface area contributed by atoms with Crippen LogP contribution in [0.15, 0.2) is 42.9 Å². The Morgan fingerprint density at radius 1 is 1.11 bits per heavy atom. The van der Waals surface area contributed by atoms with Crippen molar-refractivity contribution >= 4 is 23.1 Å². The molecule has 2 aliphatic rings. The van der Waals surface area contributed by atoms with E-state index in [1.165, 1.54) is 11.2 Å². The summed E-state index contributed by atoms with van der Waals surface area (Å²) in [7, 11) is 0. The molecule has 198 valence electrons. The van der Waals surface area contributed by atoms with Crippen molar-refractivity contribution in [1.82, 2.24) is 34.5 Å². The van der Waals surface area contributed by atoms with Gasteiger partial charge in [-0.05, 0) is 44.9 Å². The maximum absolute atomic E-state index is 11.6. The second-order valence-corrected chi connectivity index (χ2v) is 10.1. The normalized spacial score (nSPS) is 20.8.